The minimum Gasteiger partial charge on any atom is -0.207 e. The molecule has 0 saturated heterocycles. The predicted molar refractivity (Wildman–Crippen MR) is 49.7 cm³/mol. The molecule has 0 radical (unpaired) electrons. The number of nitrogens with zero attached hydrogens (tertiary/aromatic N) is 1. The van der Waals surface area contributed by atoms with Crippen molar-refractivity contribution in [1.82, 2.24) is 4.98 Å². The molecule has 0 spiro atoms. The van der Waals surface area contributed by atoms with Crippen molar-refractivity contribution in [1.29, 1.82) is 0 Å². The molecule has 1 N–H and O–H groups in total. The molecule has 1 rings (SSSR count). The molecule has 0 saturated carbocycles. The molecular formula is C5H2Cl3NO3P+. The summed E-state index contributed by atoms with van der Waals surface area (Å²) in [6.07, 6.45) is 0. The van der Waals surface area contributed by atoms with Crippen molar-refractivity contribution in [3.05, 3.63) is 21.3 Å². The van der Waals surface area contributed by atoms with Gasteiger partial charge in [-0.2, -0.15) is 4.98 Å². The molecule has 1 heterocycles. The van der Waals surface area contributed by atoms with Crippen molar-refractivity contribution in [2.45, 2.75) is 0 Å². The van der Waals surface area contributed by atoms with E-state index in [4.69, 9.17) is 39.7 Å². The Kier molecular flexibility index (Phi) is 3.71. The van der Waals surface area contributed by atoms with E-state index in [1.807, 2.05) is 0 Å². The van der Waals surface area contributed by atoms with Crippen LogP contribution < -0.4 is 4.52 Å². The summed E-state index contributed by atoms with van der Waals surface area (Å²) in [7, 11) is -2.81. The molecule has 1 unspecified atom stereocenters. The highest BCUT2D eigenvalue weighted by molar-refractivity contribution is 7.32. The topological polar surface area (TPSA) is 59.4 Å². The van der Waals surface area contributed by atoms with Gasteiger partial charge in [-0.15, -0.1) is 4.89 Å². The van der Waals surface area contributed by atoms with Gasteiger partial charge in [0.15, 0.2) is 5.15 Å². The van der Waals surface area contributed by atoms with E-state index in [1.54, 1.807) is 0 Å². The second kappa shape index (κ2) is 4.40. The molecule has 0 bridgehead atoms. The first-order chi connectivity index (χ1) is 6.00. The Morgan fingerprint density at radius 2 is 2.00 bits per heavy atom. The molecule has 0 aliphatic carbocycles. The van der Waals surface area contributed by atoms with Crippen LogP contribution in [0.3, 0.4) is 0 Å². The summed E-state index contributed by atoms with van der Waals surface area (Å²) in [6, 6.07) is 1.27. The fourth-order valence-corrected chi connectivity index (χ4v) is 1.44. The normalized spacial score (nSPS) is 11.2. The van der Waals surface area contributed by atoms with E-state index in [0.29, 0.717) is 0 Å². The third kappa shape index (κ3) is 2.93. The fraction of sp³-hybridized carbons (Fsp3) is 0. The largest absolute Gasteiger partial charge is 0.749 e. The predicted octanol–water partition coefficient (Wildman–Crippen LogP) is 3.07. The highest BCUT2D eigenvalue weighted by Crippen LogP contribution is 2.33. The van der Waals surface area contributed by atoms with Gasteiger partial charge in [-0.1, -0.05) is 34.8 Å². The standard InChI is InChI=1S/C5HCl3NO3P/c6-2-1-3(7)5(9-4(2)8)12-13(10)11/h1H/p+1. The monoisotopic (exact) mass is 260 g/mol. The van der Waals surface area contributed by atoms with Gasteiger partial charge in [0.05, 0.1) is 5.02 Å². The average Bonchev–Trinajstić information content (AvgIpc) is 1.99. The van der Waals surface area contributed by atoms with Gasteiger partial charge in [-0.3, -0.25) is 0 Å². The van der Waals surface area contributed by atoms with Crippen LogP contribution in [0.25, 0.3) is 0 Å². The van der Waals surface area contributed by atoms with Gasteiger partial charge in [0.1, 0.15) is 5.02 Å². The summed E-state index contributed by atoms with van der Waals surface area (Å²) in [5, 5.41) is 0.122. The summed E-state index contributed by atoms with van der Waals surface area (Å²) in [4.78, 5) is 12.0. The van der Waals surface area contributed by atoms with Crippen LogP contribution in [-0.4, -0.2) is 9.88 Å². The molecule has 0 aromatic carbocycles. The third-order valence-corrected chi connectivity index (χ3v) is 2.29. The maximum atomic E-state index is 10.3. The average molecular weight is 261 g/mol. The summed E-state index contributed by atoms with van der Waals surface area (Å²) in [6.45, 7) is 0. The lowest BCUT2D eigenvalue weighted by Gasteiger charge is -1.97. The molecule has 0 fully saturated rings. The van der Waals surface area contributed by atoms with Crippen LogP contribution in [0.15, 0.2) is 6.07 Å². The van der Waals surface area contributed by atoms with Crippen LogP contribution >= 0.6 is 43.1 Å². The highest BCUT2D eigenvalue weighted by atomic mass is 35.5. The van der Waals surface area contributed by atoms with Gasteiger partial charge in [-0.25, -0.2) is 4.52 Å². The first kappa shape index (κ1) is 11.0. The van der Waals surface area contributed by atoms with E-state index in [2.05, 4.69) is 9.51 Å². The van der Waals surface area contributed by atoms with Gasteiger partial charge in [-0.05, 0) is 6.07 Å². The number of pyridine rings is 1. The Bertz CT molecular complexity index is 359. The Labute approximate surface area is 89.3 Å². The van der Waals surface area contributed by atoms with E-state index >= 15 is 0 Å². The summed E-state index contributed by atoms with van der Waals surface area (Å²) >= 11 is 16.6. The van der Waals surface area contributed by atoms with Crippen LogP contribution in [0, 0.1) is 0 Å². The molecular weight excluding hydrogens is 259 g/mol. The molecule has 0 amide bonds. The summed E-state index contributed by atoms with van der Waals surface area (Å²) in [5.41, 5.74) is 0. The first-order valence-corrected chi connectivity index (χ1v) is 5.12. The van der Waals surface area contributed by atoms with Crippen molar-refractivity contribution in [2.24, 2.45) is 0 Å². The lowest BCUT2D eigenvalue weighted by molar-refractivity contribution is 0.404. The lowest BCUT2D eigenvalue weighted by Crippen LogP contribution is -1.87. The zero-order valence-corrected chi connectivity index (χ0v) is 9.03. The zero-order valence-electron chi connectivity index (χ0n) is 5.87. The van der Waals surface area contributed by atoms with Crippen molar-refractivity contribution < 1.29 is 14.0 Å². The maximum absolute atomic E-state index is 10.3. The minimum atomic E-state index is -2.81. The van der Waals surface area contributed by atoms with Crippen LogP contribution in [0.5, 0.6) is 5.88 Å². The second-order valence-corrected chi connectivity index (χ2v) is 3.71. The third-order valence-electron chi connectivity index (χ3n) is 1.02. The Hall–Kier alpha value is -0.120. The van der Waals surface area contributed by atoms with E-state index < -0.39 is 8.25 Å². The van der Waals surface area contributed by atoms with E-state index in [0.717, 1.165) is 0 Å². The highest BCUT2D eigenvalue weighted by Gasteiger charge is 2.20. The molecule has 13 heavy (non-hydrogen) atoms. The molecule has 4 nitrogen and oxygen atoms in total. The molecule has 70 valence electrons. The Balaban J connectivity index is 3.08. The Morgan fingerprint density at radius 3 is 2.54 bits per heavy atom. The van der Waals surface area contributed by atoms with Crippen LogP contribution in [0.4, 0.5) is 0 Å². The van der Waals surface area contributed by atoms with Crippen LogP contribution in [0.2, 0.25) is 15.2 Å². The van der Waals surface area contributed by atoms with Crippen molar-refractivity contribution in [3.63, 3.8) is 0 Å². The number of hydrogen-bond donors (Lipinski definition) is 1. The minimum absolute atomic E-state index is 0.0202. The molecule has 0 aliphatic heterocycles. The van der Waals surface area contributed by atoms with Gasteiger partial charge in [0, 0.05) is 4.57 Å². The molecule has 1 atom stereocenters. The van der Waals surface area contributed by atoms with Crippen LogP contribution in [0.1, 0.15) is 0 Å². The van der Waals surface area contributed by atoms with Crippen molar-refractivity contribution in [2.75, 3.05) is 0 Å². The SMILES string of the molecule is O=[P+](O)Oc1nc(Cl)c(Cl)cc1Cl. The van der Waals surface area contributed by atoms with Gasteiger partial charge in [0.2, 0.25) is 0 Å². The molecule has 1 aromatic heterocycles. The van der Waals surface area contributed by atoms with Gasteiger partial charge in [0.25, 0.3) is 0 Å². The van der Waals surface area contributed by atoms with E-state index in [1.165, 1.54) is 6.07 Å². The smallest absolute Gasteiger partial charge is 0.207 e. The number of hydrogen-bond acceptors (Lipinski definition) is 3. The van der Waals surface area contributed by atoms with Gasteiger partial charge >= 0.3 is 14.1 Å². The summed E-state index contributed by atoms with van der Waals surface area (Å²) in [5.74, 6) is -0.223. The summed E-state index contributed by atoms with van der Waals surface area (Å²) < 4.78 is 14.6. The maximum Gasteiger partial charge on any atom is 0.749 e. The number of aromatic nitrogens is 1. The molecule has 1 aromatic rings. The van der Waals surface area contributed by atoms with Crippen LogP contribution in [-0.2, 0) is 4.57 Å². The van der Waals surface area contributed by atoms with Crippen molar-refractivity contribution >= 4 is 43.1 Å². The van der Waals surface area contributed by atoms with E-state index in [-0.39, 0.29) is 21.1 Å². The molecule has 8 heteroatoms. The fourth-order valence-electron chi connectivity index (χ4n) is 0.566. The Morgan fingerprint density at radius 1 is 1.38 bits per heavy atom. The van der Waals surface area contributed by atoms with Crippen molar-refractivity contribution in [3.8, 4) is 5.88 Å². The number of rotatable bonds is 2. The second-order valence-electron chi connectivity index (χ2n) is 1.88. The quantitative estimate of drug-likeness (QED) is 0.656. The van der Waals surface area contributed by atoms with E-state index in [9.17, 15) is 4.57 Å². The van der Waals surface area contributed by atoms with Gasteiger partial charge < -0.3 is 0 Å². The zero-order chi connectivity index (χ0) is 10.0. The number of halogens is 3. The first-order valence-electron chi connectivity index (χ1n) is 2.86. The molecule has 0 aliphatic rings. The lowest BCUT2D eigenvalue weighted by atomic mass is 10.5.